The molecule has 0 aromatic heterocycles. The number of hydrogen-bond donors (Lipinski definition) is 1. The van der Waals surface area contributed by atoms with Crippen LogP contribution < -0.4 is 5.32 Å². The van der Waals surface area contributed by atoms with E-state index in [0.29, 0.717) is 50.4 Å². The molecule has 0 bridgehead atoms. The van der Waals surface area contributed by atoms with Crippen LogP contribution in [0.15, 0.2) is 35.5 Å². The molecule has 1 unspecified atom stereocenters. The molecule has 1 fully saturated rings. The zero-order chi connectivity index (χ0) is 23.3. The molecule has 1 aromatic rings. The number of ether oxygens (including phenoxy) is 2. The van der Waals surface area contributed by atoms with Crippen LogP contribution in [0.5, 0.6) is 0 Å². The lowest BCUT2D eigenvalue weighted by Crippen LogP contribution is -2.50. The van der Waals surface area contributed by atoms with Crippen LogP contribution in [0.1, 0.15) is 43.9 Å². The van der Waals surface area contributed by atoms with Crippen LogP contribution in [0.3, 0.4) is 0 Å². The normalized spacial score (nSPS) is 20.2. The van der Waals surface area contributed by atoms with Crippen LogP contribution in [0, 0.1) is 12.8 Å². The number of esters is 2. The van der Waals surface area contributed by atoms with Gasteiger partial charge in [-0.05, 0) is 52.3 Å². The Kier molecular flexibility index (Phi) is 7.90. The van der Waals surface area contributed by atoms with E-state index in [1.807, 2.05) is 38.1 Å². The molecule has 174 valence electrons. The highest BCUT2D eigenvalue weighted by Gasteiger charge is 2.38. The number of likely N-dealkylation sites (tertiary alicyclic amines) is 1. The van der Waals surface area contributed by atoms with E-state index in [1.54, 1.807) is 14.0 Å². The van der Waals surface area contributed by atoms with Crippen LogP contribution in [-0.2, 0) is 19.1 Å². The third-order valence-corrected chi connectivity index (χ3v) is 6.06. The molecule has 1 atom stereocenters. The minimum Gasteiger partial charge on any atom is -0.466 e. The van der Waals surface area contributed by atoms with Gasteiger partial charge in [-0.15, -0.1) is 0 Å². The fraction of sp³-hybridized carbons (Fsp3) is 0.542. The lowest BCUT2D eigenvalue weighted by molar-refractivity contribution is -0.149. The number of benzene rings is 1. The number of carbonyl (C=O) groups is 3. The van der Waals surface area contributed by atoms with Gasteiger partial charge in [-0.1, -0.05) is 29.8 Å². The van der Waals surface area contributed by atoms with E-state index in [0.717, 1.165) is 11.1 Å². The fourth-order valence-corrected chi connectivity index (χ4v) is 4.21. The Morgan fingerprint density at radius 3 is 2.28 bits per heavy atom. The van der Waals surface area contributed by atoms with E-state index in [9.17, 15) is 14.4 Å². The van der Waals surface area contributed by atoms with Crippen LogP contribution in [0.2, 0.25) is 0 Å². The van der Waals surface area contributed by atoms with Gasteiger partial charge in [0.25, 0.3) is 0 Å². The quantitative estimate of drug-likeness (QED) is 0.652. The molecule has 2 aliphatic rings. The number of hydrogen-bond acceptors (Lipinski definition) is 6. The van der Waals surface area contributed by atoms with Gasteiger partial charge < -0.3 is 14.8 Å². The average molecular weight is 444 g/mol. The van der Waals surface area contributed by atoms with Gasteiger partial charge in [0, 0.05) is 19.3 Å². The number of likely N-dealkylation sites (N-methyl/N-ethyl adjacent to an activating group) is 1. The summed E-state index contributed by atoms with van der Waals surface area (Å²) in [5.74, 6) is -0.675. The van der Waals surface area contributed by atoms with E-state index in [1.165, 1.54) is 4.90 Å². The van der Waals surface area contributed by atoms with E-state index in [4.69, 9.17) is 9.47 Å². The van der Waals surface area contributed by atoms with Crippen molar-refractivity contribution in [3.05, 3.63) is 46.7 Å². The summed E-state index contributed by atoms with van der Waals surface area (Å²) in [7, 11) is 1.67. The number of piperidine rings is 1. The van der Waals surface area contributed by atoms with Gasteiger partial charge >= 0.3 is 18.0 Å². The molecule has 1 N–H and O–H groups in total. The van der Waals surface area contributed by atoms with Crippen LogP contribution in [-0.4, -0.2) is 67.7 Å². The molecule has 3 rings (SSSR count). The maximum atomic E-state index is 13.0. The van der Waals surface area contributed by atoms with E-state index in [2.05, 4.69) is 10.2 Å². The molecule has 8 nitrogen and oxygen atoms in total. The van der Waals surface area contributed by atoms with Crippen molar-refractivity contribution < 1.29 is 23.9 Å². The van der Waals surface area contributed by atoms with Crippen LogP contribution >= 0.6 is 0 Å². The highest BCUT2D eigenvalue weighted by Crippen LogP contribution is 2.32. The Bertz CT molecular complexity index is 872. The number of carbonyl (C=O) groups excluding carboxylic acids is 3. The summed E-state index contributed by atoms with van der Waals surface area (Å²) < 4.78 is 10.5. The second-order valence-electron chi connectivity index (χ2n) is 8.24. The third-order valence-electron chi connectivity index (χ3n) is 6.06. The zero-order valence-electron chi connectivity index (χ0n) is 19.3. The SMILES string of the molecule is CCOC(=O)C1=C(CN2CCC(C(=O)OCC)CC2)N(C)C(=O)NC1c1ccc(C)cc1. The molecule has 2 aliphatic heterocycles. The van der Waals surface area contributed by atoms with E-state index >= 15 is 0 Å². The van der Waals surface area contributed by atoms with Gasteiger partial charge in [0.15, 0.2) is 0 Å². The summed E-state index contributed by atoms with van der Waals surface area (Å²) >= 11 is 0. The summed E-state index contributed by atoms with van der Waals surface area (Å²) in [6, 6.07) is 6.93. The largest absolute Gasteiger partial charge is 0.466 e. The Hall–Kier alpha value is -2.87. The van der Waals surface area contributed by atoms with E-state index in [-0.39, 0.29) is 24.5 Å². The smallest absolute Gasteiger partial charge is 0.338 e. The number of nitrogens with one attached hydrogen (secondary N) is 1. The second-order valence-corrected chi connectivity index (χ2v) is 8.24. The van der Waals surface area contributed by atoms with Gasteiger partial charge in [0.05, 0.1) is 30.7 Å². The summed E-state index contributed by atoms with van der Waals surface area (Å²) in [5.41, 5.74) is 3.01. The molecule has 2 heterocycles. The number of amides is 2. The van der Waals surface area contributed by atoms with Crippen molar-refractivity contribution in [1.29, 1.82) is 0 Å². The number of rotatable bonds is 7. The van der Waals surface area contributed by atoms with E-state index < -0.39 is 12.0 Å². The van der Waals surface area contributed by atoms with Gasteiger partial charge in [-0.3, -0.25) is 14.6 Å². The standard InChI is InChI=1S/C24H33N3O5/c1-5-31-22(28)18-11-13-27(14-12-18)15-19-20(23(29)32-6-2)21(25-24(30)26(19)4)17-9-7-16(3)8-10-17/h7-10,18,21H,5-6,11-15H2,1-4H3,(H,25,30). The topological polar surface area (TPSA) is 88.2 Å². The first kappa shape index (κ1) is 23.8. The highest BCUT2D eigenvalue weighted by atomic mass is 16.5. The van der Waals surface area contributed by atoms with Crippen molar-refractivity contribution in [1.82, 2.24) is 15.1 Å². The maximum absolute atomic E-state index is 13.0. The number of nitrogens with zero attached hydrogens (tertiary/aromatic N) is 2. The molecule has 0 saturated carbocycles. The van der Waals surface area contributed by atoms with Crippen molar-refractivity contribution >= 4 is 18.0 Å². The van der Waals surface area contributed by atoms with Crippen LogP contribution in [0.4, 0.5) is 4.79 Å². The predicted molar refractivity (Wildman–Crippen MR) is 120 cm³/mol. The Labute approximate surface area is 189 Å². The van der Waals surface area contributed by atoms with Crippen molar-refractivity contribution in [2.45, 2.75) is 39.7 Å². The lowest BCUT2D eigenvalue weighted by atomic mass is 9.93. The van der Waals surface area contributed by atoms with Gasteiger partial charge in [0.2, 0.25) is 0 Å². The highest BCUT2D eigenvalue weighted by molar-refractivity contribution is 5.95. The summed E-state index contributed by atoms with van der Waals surface area (Å²) in [5, 5.41) is 2.94. The second kappa shape index (κ2) is 10.6. The third kappa shape index (κ3) is 5.30. The molecule has 0 radical (unpaired) electrons. The van der Waals surface area contributed by atoms with Gasteiger partial charge in [-0.25, -0.2) is 9.59 Å². The minimum atomic E-state index is -0.578. The monoisotopic (exact) mass is 443 g/mol. The van der Waals surface area contributed by atoms with Gasteiger partial charge in [-0.2, -0.15) is 0 Å². The maximum Gasteiger partial charge on any atom is 0.338 e. The average Bonchev–Trinajstić information content (AvgIpc) is 2.78. The lowest BCUT2D eigenvalue weighted by Gasteiger charge is -2.38. The molecule has 0 spiro atoms. The van der Waals surface area contributed by atoms with Crippen molar-refractivity contribution in [2.24, 2.45) is 5.92 Å². The Balaban J connectivity index is 1.88. The van der Waals surface area contributed by atoms with Crippen LogP contribution in [0.25, 0.3) is 0 Å². The first-order valence-corrected chi connectivity index (χ1v) is 11.3. The van der Waals surface area contributed by atoms with Crippen molar-refractivity contribution in [3.8, 4) is 0 Å². The predicted octanol–water partition coefficient (Wildman–Crippen LogP) is 2.78. The summed E-state index contributed by atoms with van der Waals surface area (Å²) in [6.07, 6.45) is 1.39. The first-order chi connectivity index (χ1) is 15.3. The Morgan fingerprint density at radius 1 is 1.06 bits per heavy atom. The molecule has 1 saturated heterocycles. The number of urea groups is 1. The van der Waals surface area contributed by atoms with Gasteiger partial charge in [0.1, 0.15) is 0 Å². The molecule has 0 aliphatic carbocycles. The first-order valence-electron chi connectivity index (χ1n) is 11.3. The molecular formula is C24H33N3O5. The molecule has 32 heavy (non-hydrogen) atoms. The summed E-state index contributed by atoms with van der Waals surface area (Å²) in [4.78, 5) is 41.5. The number of aryl methyl sites for hydroxylation is 1. The fourth-order valence-electron chi connectivity index (χ4n) is 4.21. The Morgan fingerprint density at radius 2 is 1.69 bits per heavy atom. The minimum absolute atomic E-state index is 0.0996. The van der Waals surface area contributed by atoms with Crippen molar-refractivity contribution in [3.63, 3.8) is 0 Å². The molecule has 1 aromatic carbocycles. The van der Waals surface area contributed by atoms with Crippen molar-refractivity contribution in [2.75, 3.05) is 39.9 Å². The molecule has 8 heteroatoms. The zero-order valence-corrected chi connectivity index (χ0v) is 19.3. The molecule has 2 amide bonds. The molecular weight excluding hydrogens is 410 g/mol. The summed E-state index contributed by atoms with van der Waals surface area (Å²) in [6.45, 7) is 8.00.